The normalized spacial score (nSPS) is 10.7. The van der Waals surface area contributed by atoms with E-state index in [-0.39, 0.29) is 30.4 Å². The van der Waals surface area contributed by atoms with E-state index in [0.717, 1.165) is 29.8 Å². The van der Waals surface area contributed by atoms with Crippen LogP contribution in [0, 0.1) is 0 Å². The van der Waals surface area contributed by atoms with Crippen LogP contribution >= 0.6 is 12.4 Å². The van der Waals surface area contributed by atoms with E-state index in [1.807, 2.05) is 0 Å². The minimum absolute atomic E-state index is 0. The second-order valence-corrected chi connectivity index (χ2v) is 5.86. The van der Waals surface area contributed by atoms with Gasteiger partial charge in [0.15, 0.2) is 0 Å². The summed E-state index contributed by atoms with van der Waals surface area (Å²) >= 11 is 0. The van der Waals surface area contributed by atoms with Gasteiger partial charge in [0.25, 0.3) is 5.91 Å². The second-order valence-electron chi connectivity index (χ2n) is 5.86. The Kier molecular flexibility index (Phi) is 8.94. The molecule has 0 saturated carbocycles. The summed E-state index contributed by atoms with van der Waals surface area (Å²) in [6.07, 6.45) is -4.07. The van der Waals surface area contributed by atoms with Gasteiger partial charge in [-0.25, -0.2) is 0 Å². The lowest BCUT2D eigenvalue weighted by atomic mass is 10.1. The fraction of sp³-hybridized carbons (Fsp3) is 0.263. The van der Waals surface area contributed by atoms with Crippen LogP contribution in [0.2, 0.25) is 0 Å². The third-order valence-corrected chi connectivity index (χ3v) is 3.77. The smallest absolute Gasteiger partial charge is 0.348 e. The number of carbonyl (C=O) groups is 2. The molecule has 2 aromatic carbocycles. The Bertz CT molecular complexity index is 779. The SMILES string of the molecule is CNCCC(=O)Nc1ccc(CNC(=O)c2ccc(C(F)(F)F)cc2)cc1.Cl. The van der Waals surface area contributed by atoms with Gasteiger partial charge in [-0.05, 0) is 49.0 Å². The molecule has 0 saturated heterocycles. The lowest BCUT2D eigenvalue weighted by Gasteiger charge is -2.09. The maximum Gasteiger partial charge on any atom is 0.416 e. The first-order valence-corrected chi connectivity index (χ1v) is 8.28. The Morgan fingerprint density at radius 1 is 0.964 bits per heavy atom. The van der Waals surface area contributed by atoms with Gasteiger partial charge >= 0.3 is 6.18 Å². The van der Waals surface area contributed by atoms with Gasteiger partial charge in [-0.15, -0.1) is 12.4 Å². The predicted octanol–water partition coefficient (Wildman–Crippen LogP) is 3.61. The highest BCUT2D eigenvalue weighted by atomic mass is 35.5. The third-order valence-electron chi connectivity index (χ3n) is 3.77. The van der Waals surface area contributed by atoms with Crippen molar-refractivity contribution in [3.63, 3.8) is 0 Å². The number of alkyl halides is 3. The minimum Gasteiger partial charge on any atom is -0.348 e. The van der Waals surface area contributed by atoms with Crippen LogP contribution in [0.15, 0.2) is 48.5 Å². The maximum absolute atomic E-state index is 12.5. The van der Waals surface area contributed by atoms with E-state index in [1.54, 1.807) is 31.3 Å². The Labute approximate surface area is 167 Å². The third kappa shape index (κ3) is 7.21. The highest BCUT2D eigenvalue weighted by molar-refractivity contribution is 5.94. The molecule has 28 heavy (non-hydrogen) atoms. The van der Waals surface area contributed by atoms with Crippen molar-refractivity contribution in [2.45, 2.75) is 19.1 Å². The molecule has 2 amide bonds. The van der Waals surface area contributed by atoms with E-state index in [0.29, 0.717) is 18.7 Å². The van der Waals surface area contributed by atoms with Crippen LogP contribution in [0.3, 0.4) is 0 Å². The zero-order valence-electron chi connectivity index (χ0n) is 15.1. The van der Waals surface area contributed by atoms with Crippen molar-refractivity contribution >= 4 is 29.9 Å². The van der Waals surface area contributed by atoms with Crippen LogP contribution in [-0.2, 0) is 17.5 Å². The first-order valence-electron chi connectivity index (χ1n) is 8.28. The van der Waals surface area contributed by atoms with Crippen molar-refractivity contribution in [3.05, 3.63) is 65.2 Å². The van der Waals surface area contributed by atoms with Gasteiger partial charge in [0.2, 0.25) is 5.91 Å². The Morgan fingerprint density at radius 3 is 2.11 bits per heavy atom. The lowest BCUT2D eigenvalue weighted by Crippen LogP contribution is -2.23. The molecule has 0 radical (unpaired) electrons. The quantitative estimate of drug-likeness (QED) is 0.647. The maximum atomic E-state index is 12.5. The largest absolute Gasteiger partial charge is 0.416 e. The molecule has 0 aliphatic rings. The van der Waals surface area contributed by atoms with Gasteiger partial charge in [0.05, 0.1) is 5.56 Å². The molecule has 0 aromatic heterocycles. The van der Waals surface area contributed by atoms with Crippen molar-refractivity contribution < 1.29 is 22.8 Å². The number of hydrogen-bond donors (Lipinski definition) is 3. The second kappa shape index (κ2) is 10.7. The summed E-state index contributed by atoms with van der Waals surface area (Å²) in [6, 6.07) is 11.0. The molecule has 0 fully saturated rings. The van der Waals surface area contributed by atoms with Crippen molar-refractivity contribution in [1.82, 2.24) is 10.6 Å². The average molecular weight is 416 g/mol. The monoisotopic (exact) mass is 415 g/mol. The molecule has 0 unspecified atom stereocenters. The molecule has 5 nitrogen and oxygen atoms in total. The molecular weight excluding hydrogens is 395 g/mol. The summed E-state index contributed by atoms with van der Waals surface area (Å²) in [6.45, 7) is 0.799. The van der Waals surface area contributed by atoms with E-state index < -0.39 is 17.6 Å². The molecule has 0 aliphatic carbocycles. The van der Waals surface area contributed by atoms with Crippen molar-refractivity contribution in [2.24, 2.45) is 0 Å². The highest BCUT2D eigenvalue weighted by Gasteiger charge is 2.30. The van der Waals surface area contributed by atoms with Crippen LogP contribution in [0.25, 0.3) is 0 Å². The summed E-state index contributed by atoms with van der Waals surface area (Å²) in [4.78, 5) is 23.7. The van der Waals surface area contributed by atoms with Crippen LogP contribution in [0.4, 0.5) is 18.9 Å². The van der Waals surface area contributed by atoms with Gasteiger partial charge in [-0.3, -0.25) is 9.59 Å². The number of rotatable bonds is 7. The van der Waals surface area contributed by atoms with Gasteiger partial charge in [-0.2, -0.15) is 13.2 Å². The number of anilines is 1. The highest BCUT2D eigenvalue weighted by Crippen LogP contribution is 2.29. The molecule has 152 valence electrons. The number of hydrogen-bond acceptors (Lipinski definition) is 3. The summed E-state index contributed by atoms with van der Waals surface area (Å²) in [5.74, 6) is -0.569. The van der Waals surface area contributed by atoms with Gasteiger partial charge in [0.1, 0.15) is 0 Å². The van der Waals surface area contributed by atoms with Gasteiger partial charge < -0.3 is 16.0 Å². The van der Waals surface area contributed by atoms with Crippen LogP contribution in [0.5, 0.6) is 0 Å². The molecule has 0 aliphatic heterocycles. The first-order chi connectivity index (χ1) is 12.8. The van der Waals surface area contributed by atoms with Crippen molar-refractivity contribution in [1.29, 1.82) is 0 Å². The molecule has 3 N–H and O–H groups in total. The number of halogens is 4. The summed E-state index contributed by atoms with van der Waals surface area (Å²) in [5.41, 5.74) is 0.792. The Balaban J connectivity index is 0.00000392. The molecule has 9 heteroatoms. The van der Waals surface area contributed by atoms with E-state index >= 15 is 0 Å². The molecule has 0 atom stereocenters. The number of benzene rings is 2. The fourth-order valence-corrected chi connectivity index (χ4v) is 2.26. The number of nitrogens with one attached hydrogen (secondary N) is 3. The average Bonchev–Trinajstić information content (AvgIpc) is 2.65. The first kappa shape index (κ1) is 23.5. The summed E-state index contributed by atoms with van der Waals surface area (Å²) in [7, 11) is 1.76. The molecule has 0 bridgehead atoms. The van der Waals surface area contributed by atoms with Crippen LogP contribution in [-0.4, -0.2) is 25.4 Å². The van der Waals surface area contributed by atoms with E-state index in [4.69, 9.17) is 0 Å². The van der Waals surface area contributed by atoms with Gasteiger partial charge in [0, 0.05) is 30.8 Å². The molecule has 2 rings (SSSR count). The fourth-order valence-electron chi connectivity index (χ4n) is 2.26. The topological polar surface area (TPSA) is 70.2 Å². The molecule has 0 heterocycles. The number of carbonyl (C=O) groups excluding carboxylic acids is 2. The molecule has 2 aromatic rings. The zero-order valence-corrected chi connectivity index (χ0v) is 15.9. The minimum atomic E-state index is -4.43. The molecular formula is C19H21ClF3N3O2. The summed E-state index contributed by atoms with van der Waals surface area (Å²) < 4.78 is 37.6. The Morgan fingerprint density at radius 2 is 1.57 bits per heavy atom. The van der Waals surface area contributed by atoms with Crippen LogP contribution in [0.1, 0.15) is 27.9 Å². The van der Waals surface area contributed by atoms with Crippen molar-refractivity contribution in [2.75, 3.05) is 18.9 Å². The lowest BCUT2D eigenvalue weighted by molar-refractivity contribution is -0.137. The van der Waals surface area contributed by atoms with Gasteiger partial charge in [-0.1, -0.05) is 12.1 Å². The standard InChI is InChI=1S/C19H20F3N3O2.ClH/c1-23-11-10-17(26)25-16-8-2-13(3-9-16)12-24-18(27)14-4-6-15(7-5-14)19(20,21)22;/h2-9,23H,10-12H2,1H3,(H,24,27)(H,25,26);1H. The van der Waals surface area contributed by atoms with E-state index in [1.165, 1.54) is 0 Å². The van der Waals surface area contributed by atoms with Crippen LogP contribution < -0.4 is 16.0 Å². The Hall–Kier alpha value is -2.58. The zero-order chi connectivity index (χ0) is 19.9. The summed E-state index contributed by atoms with van der Waals surface area (Å²) in [5, 5.41) is 8.29. The number of amides is 2. The molecule has 0 spiro atoms. The predicted molar refractivity (Wildman–Crippen MR) is 103 cm³/mol. The van der Waals surface area contributed by atoms with Crippen molar-refractivity contribution in [3.8, 4) is 0 Å². The van der Waals surface area contributed by atoms with E-state index in [9.17, 15) is 22.8 Å². The van der Waals surface area contributed by atoms with E-state index in [2.05, 4.69) is 16.0 Å².